The first-order chi connectivity index (χ1) is 22.6. The number of benzene rings is 5. The summed E-state index contributed by atoms with van der Waals surface area (Å²) in [4.78, 5) is 9.46. The van der Waals surface area contributed by atoms with Gasteiger partial charge in [-0.2, -0.15) is 0 Å². The van der Waals surface area contributed by atoms with Crippen LogP contribution in [-0.2, 0) is 5.41 Å². The minimum absolute atomic E-state index is 0.410. The Balaban J connectivity index is 1.39. The van der Waals surface area contributed by atoms with E-state index in [1.165, 1.54) is 83.5 Å². The lowest BCUT2D eigenvalue weighted by atomic mass is 9.70. The average Bonchev–Trinajstić information content (AvgIpc) is 3.55. The van der Waals surface area contributed by atoms with Crippen molar-refractivity contribution in [3.8, 4) is 55.8 Å². The summed E-state index contributed by atoms with van der Waals surface area (Å²) in [5.74, 6) is 0. The third-order valence-corrected chi connectivity index (χ3v) is 10.0. The van der Waals surface area contributed by atoms with Crippen molar-refractivity contribution >= 4 is 0 Å². The second kappa shape index (κ2) is 9.95. The Hall–Kier alpha value is -5.60. The van der Waals surface area contributed by atoms with E-state index in [1.54, 1.807) is 0 Å². The smallest absolute Gasteiger partial charge is 0.0725 e. The fourth-order valence-electron chi connectivity index (χ4n) is 8.30. The van der Waals surface area contributed by atoms with E-state index in [4.69, 9.17) is 4.98 Å². The molecule has 2 heteroatoms. The van der Waals surface area contributed by atoms with E-state index in [-0.39, 0.29) is 0 Å². The summed E-state index contributed by atoms with van der Waals surface area (Å²) in [6.45, 7) is 6.39. The SMILES string of the molecule is Cc1cc(C)nc(-c2cccc3c2-c2cc(-c4ccccc4-c4ccncc4C)ccc2C32c3ccccc3-c3ccccc32)c1. The number of hydrogen-bond acceptors (Lipinski definition) is 2. The van der Waals surface area contributed by atoms with E-state index < -0.39 is 5.41 Å². The minimum Gasteiger partial charge on any atom is -0.264 e. The lowest BCUT2D eigenvalue weighted by Gasteiger charge is -2.30. The van der Waals surface area contributed by atoms with Gasteiger partial charge >= 0.3 is 0 Å². The van der Waals surface area contributed by atoms with E-state index in [0.717, 1.165) is 11.4 Å². The molecule has 0 aliphatic heterocycles. The van der Waals surface area contributed by atoms with Crippen LogP contribution in [0.1, 0.15) is 39.1 Å². The van der Waals surface area contributed by atoms with Crippen molar-refractivity contribution in [2.24, 2.45) is 0 Å². The maximum Gasteiger partial charge on any atom is 0.0725 e. The zero-order valence-electron chi connectivity index (χ0n) is 26.2. The molecule has 218 valence electrons. The van der Waals surface area contributed by atoms with Gasteiger partial charge in [-0.05, 0) is 123 Å². The maximum absolute atomic E-state index is 5.10. The highest BCUT2D eigenvalue weighted by Crippen LogP contribution is 2.64. The molecular formula is C44H32N2. The Bertz CT molecular complexity index is 2300. The van der Waals surface area contributed by atoms with Crippen LogP contribution >= 0.6 is 0 Å². The molecule has 2 aliphatic carbocycles. The van der Waals surface area contributed by atoms with Crippen molar-refractivity contribution in [3.63, 3.8) is 0 Å². The summed E-state index contributed by atoms with van der Waals surface area (Å²) >= 11 is 0. The maximum atomic E-state index is 5.10. The number of fused-ring (bicyclic) bond motifs is 10. The number of aromatic nitrogens is 2. The van der Waals surface area contributed by atoms with E-state index in [0.29, 0.717) is 0 Å². The van der Waals surface area contributed by atoms with Crippen LogP contribution in [0.15, 0.2) is 140 Å². The molecule has 2 aromatic heterocycles. The summed E-state index contributed by atoms with van der Waals surface area (Å²) in [7, 11) is 0. The van der Waals surface area contributed by atoms with Gasteiger partial charge in [-0.3, -0.25) is 9.97 Å². The summed E-state index contributed by atoms with van der Waals surface area (Å²) in [6, 6.07) is 47.3. The summed E-state index contributed by atoms with van der Waals surface area (Å²) in [6.07, 6.45) is 3.84. The molecule has 2 heterocycles. The summed E-state index contributed by atoms with van der Waals surface area (Å²) in [5.41, 5.74) is 20.6. The highest BCUT2D eigenvalue weighted by atomic mass is 14.7. The molecule has 0 saturated carbocycles. The van der Waals surface area contributed by atoms with Crippen LogP contribution < -0.4 is 0 Å². The quantitative estimate of drug-likeness (QED) is 0.205. The molecule has 0 fully saturated rings. The Labute approximate surface area is 270 Å². The predicted octanol–water partition coefficient (Wildman–Crippen LogP) is 10.7. The first-order valence-electron chi connectivity index (χ1n) is 16.0. The predicted molar refractivity (Wildman–Crippen MR) is 189 cm³/mol. The van der Waals surface area contributed by atoms with Crippen LogP contribution in [0.2, 0.25) is 0 Å². The lowest BCUT2D eigenvalue weighted by Crippen LogP contribution is -2.25. The van der Waals surface area contributed by atoms with Gasteiger partial charge in [-0.1, -0.05) is 103 Å². The number of aryl methyl sites for hydroxylation is 3. The molecule has 7 aromatic rings. The standard InChI is InChI=1S/C44H32N2/c1-27-23-29(3)46-42(24-27)36-15-10-18-41-43(36)37-25-30(32-11-4-5-12-33(32)31-21-22-45-26-28(31)2)19-20-40(37)44(41)38-16-8-6-13-34(38)35-14-7-9-17-39(35)44/h4-26H,1-3H3. The second-order valence-corrected chi connectivity index (χ2v) is 12.7. The molecule has 1 spiro atoms. The van der Waals surface area contributed by atoms with Crippen LogP contribution in [0.5, 0.6) is 0 Å². The molecular weight excluding hydrogens is 556 g/mol. The van der Waals surface area contributed by atoms with E-state index >= 15 is 0 Å². The van der Waals surface area contributed by atoms with Gasteiger partial charge in [0.05, 0.1) is 11.1 Å². The molecule has 9 rings (SSSR count). The zero-order valence-corrected chi connectivity index (χ0v) is 26.2. The van der Waals surface area contributed by atoms with Gasteiger partial charge in [-0.15, -0.1) is 0 Å². The number of rotatable bonds is 3. The van der Waals surface area contributed by atoms with Gasteiger partial charge in [0.15, 0.2) is 0 Å². The number of pyridine rings is 2. The van der Waals surface area contributed by atoms with Crippen LogP contribution in [0.25, 0.3) is 55.8 Å². The average molecular weight is 589 g/mol. The Morgan fingerprint density at radius 3 is 1.83 bits per heavy atom. The van der Waals surface area contributed by atoms with Gasteiger partial charge in [0.25, 0.3) is 0 Å². The fourth-order valence-corrected chi connectivity index (χ4v) is 8.30. The van der Waals surface area contributed by atoms with E-state index in [9.17, 15) is 0 Å². The molecule has 0 amide bonds. The van der Waals surface area contributed by atoms with Crippen molar-refractivity contribution in [3.05, 3.63) is 179 Å². The molecule has 46 heavy (non-hydrogen) atoms. The van der Waals surface area contributed by atoms with Gasteiger partial charge in [0.1, 0.15) is 0 Å². The Morgan fingerprint density at radius 1 is 0.478 bits per heavy atom. The van der Waals surface area contributed by atoms with Crippen LogP contribution in [0.4, 0.5) is 0 Å². The largest absolute Gasteiger partial charge is 0.264 e. The Morgan fingerprint density at radius 2 is 1.11 bits per heavy atom. The second-order valence-electron chi connectivity index (χ2n) is 12.7. The molecule has 5 aromatic carbocycles. The number of nitrogens with zero attached hydrogens (tertiary/aromatic N) is 2. The summed E-state index contributed by atoms with van der Waals surface area (Å²) < 4.78 is 0. The van der Waals surface area contributed by atoms with Crippen molar-refractivity contribution < 1.29 is 0 Å². The van der Waals surface area contributed by atoms with Crippen molar-refractivity contribution in [1.29, 1.82) is 0 Å². The molecule has 0 saturated heterocycles. The molecule has 0 unspecified atom stereocenters. The van der Waals surface area contributed by atoms with Crippen molar-refractivity contribution in [1.82, 2.24) is 9.97 Å². The van der Waals surface area contributed by atoms with Crippen molar-refractivity contribution in [2.75, 3.05) is 0 Å². The third-order valence-electron chi connectivity index (χ3n) is 10.0. The molecule has 2 aliphatic rings. The Kier molecular flexibility index (Phi) is 5.79. The van der Waals surface area contributed by atoms with Gasteiger partial charge in [0, 0.05) is 23.7 Å². The van der Waals surface area contributed by atoms with Crippen LogP contribution in [-0.4, -0.2) is 9.97 Å². The fraction of sp³-hybridized carbons (Fsp3) is 0.0909. The van der Waals surface area contributed by atoms with Gasteiger partial charge in [-0.25, -0.2) is 0 Å². The van der Waals surface area contributed by atoms with E-state index in [2.05, 4.69) is 153 Å². The molecule has 0 atom stereocenters. The first kappa shape index (κ1) is 26.8. The molecule has 0 N–H and O–H groups in total. The van der Waals surface area contributed by atoms with Gasteiger partial charge in [0.2, 0.25) is 0 Å². The van der Waals surface area contributed by atoms with Crippen LogP contribution in [0, 0.1) is 20.8 Å². The van der Waals surface area contributed by atoms with Gasteiger partial charge < -0.3 is 0 Å². The normalized spacial score (nSPS) is 13.3. The highest BCUT2D eigenvalue weighted by molar-refractivity contribution is 6.01. The number of hydrogen-bond donors (Lipinski definition) is 0. The van der Waals surface area contributed by atoms with Crippen molar-refractivity contribution in [2.45, 2.75) is 26.2 Å². The topological polar surface area (TPSA) is 25.8 Å². The first-order valence-corrected chi connectivity index (χ1v) is 16.0. The minimum atomic E-state index is -0.410. The molecule has 2 nitrogen and oxygen atoms in total. The lowest BCUT2D eigenvalue weighted by molar-refractivity contribution is 0.794. The van der Waals surface area contributed by atoms with Crippen LogP contribution in [0.3, 0.4) is 0 Å². The monoisotopic (exact) mass is 588 g/mol. The molecule has 0 bridgehead atoms. The molecule has 0 radical (unpaired) electrons. The highest BCUT2D eigenvalue weighted by Gasteiger charge is 2.52. The summed E-state index contributed by atoms with van der Waals surface area (Å²) in [5, 5.41) is 0. The zero-order chi connectivity index (χ0) is 31.0. The van der Waals surface area contributed by atoms with E-state index in [1.807, 2.05) is 12.4 Å². The third kappa shape index (κ3) is 3.64.